The van der Waals surface area contributed by atoms with E-state index in [1.165, 1.54) is 49.9 Å². The fraction of sp³-hybridized carbons (Fsp3) is 1.00. The number of fused-ring (bicyclic) bond motifs is 10. The van der Waals surface area contributed by atoms with Gasteiger partial charge in [0.05, 0.1) is 0 Å². The van der Waals surface area contributed by atoms with Crippen molar-refractivity contribution in [2.75, 3.05) is 13.6 Å². The van der Waals surface area contributed by atoms with Gasteiger partial charge in [-0.2, -0.15) is 0 Å². The molecule has 1 nitrogen and oxygen atoms in total. The summed E-state index contributed by atoms with van der Waals surface area (Å²) in [6.45, 7) is -1.10. The third-order valence-corrected chi connectivity index (χ3v) is 58.4. The van der Waals surface area contributed by atoms with Crippen molar-refractivity contribution in [1.82, 2.24) is 5.32 Å². The van der Waals surface area contributed by atoms with Gasteiger partial charge in [-0.15, -0.1) is 0 Å². The van der Waals surface area contributed by atoms with Gasteiger partial charge < -0.3 is 0 Å². The van der Waals surface area contributed by atoms with Crippen molar-refractivity contribution >= 4 is 0 Å². The maximum absolute atomic E-state index is 3.62. The monoisotopic (exact) mass is 229 g/mol. The molecule has 4 unspecified atom stereocenters. The van der Waals surface area contributed by atoms with Crippen LogP contribution in [0.2, 0.25) is 47.7 Å². The molecule has 10 heterocycles. The van der Waals surface area contributed by atoms with Gasteiger partial charge in [-0.05, 0) is 0 Å². The first-order chi connectivity index (χ1) is 6.61. The fourth-order valence-corrected chi connectivity index (χ4v) is 92.2. The molecular formula is C12H15FeN. The topological polar surface area (TPSA) is 12.0 Å². The molecule has 10 aliphatic heterocycles. The predicted octanol–water partition coefficient (Wildman–Crippen LogP) is 2.97. The first-order valence-corrected chi connectivity index (χ1v) is 12.8. The molecule has 1 spiro atoms. The van der Waals surface area contributed by atoms with Gasteiger partial charge in [-0.1, -0.05) is 0 Å². The molecule has 10 aliphatic rings. The summed E-state index contributed by atoms with van der Waals surface area (Å²) in [5.74, 6) is 0. The third-order valence-electron chi connectivity index (χ3n) is 15.4. The molecule has 4 atom stereocenters. The molecule has 0 saturated carbocycles. The van der Waals surface area contributed by atoms with Crippen molar-refractivity contribution in [3.63, 3.8) is 0 Å². The van der Waals surface area contributed by atoms with Crippen LogP contribution in [0.25, 0.3) is 0 Å². The van der Waals surface area contributed by atoms with E-state index in [-0.39, 0.29) is 0 Å². The summed E-state index contributed by atoms with van der Waals surface area (Å²) < 4.78 is 1.13. The molecule has 0 aliphatic carbocycles. The van der Waals surface area contributed by atoms with Crippen LogP contribution in [0, 0.1) is 0 Å². The Labute approximate surface area is 73.3 Å². The van der Waals surface area contributed by atoms with E-state index in [1.807, 2.05) is 0 Å². The van der Waals surface area contributed by atoms with Gasteiger partial charge in [0.1, 0.15) is 0 Å². The van der Waals surface area contributed by atoms with Crippen molar-refractivity contribution < 1.29 is 6.51 Å². The molecule has 10 rings (SSSR count). The second-order valence-corrected chi connectivity index (χ2v) is 34.0. The number of hydrogen-bond acceptors (Lipinski definition) is 1. The zero-order chi connectivity index (χ0) is 8.43. The quantitative estimate of drug-likeness (QED) is 0.718. The van der Waals surface area contributed by atoms with Crippen molar-refractivity contribution in [2.45, 2.75) is 47.7 Å². The average molecular weight is 229 g/mol. The summed E-state index contributed by atoms with van der Waals surface area (Å²) in [5.41, 5.74) is 0. The predicted molar refractivity (Wildman–Crippen MR) is 50.4 cm³/mol. The van der Waals surface area contributed by atoms with Gasteiger partial charge in [0.2, 0.25) is 0 Å². The third kappa shape index (κ3) is 0.0348. The van der Waals surface area contributed by atoms with Crippen LogP contribution in [0.4, 0.5) is 0 Å². The van der Waals surface area contributed by atoms with Crippen LogP contribution in [0.15, 0.2) is 0 Å². The molecule has 0 bridgehead atoms. The summed E-state index contributed by atoms with van der Waals surface area (Å²) in [5, 5.41) is 3.62. The Morgan fingerprint density at radius 3 is 1.64 bits per heavy atom. The Bertz CT molecular complexity index is 786. The van der Waals surface area contributed by atoms with Crippen LogP contribution >= 0.6 is 0 Å². The second kappa shape index (κ2) is 0.324. The SMILES string of the molecule is CNC[C]12[CH]3[CH]4[CH]5[CH]1[Fe]45321678[CH]2[CH]1[CH]6[CH]7[CH]28. The minimum atomic E-state index is -2.60. The number of rotatable bonds is 2. The molecule has 14 heavy (non-hydrogen) atoms. The number of hydrogen-bond donors (Lipinski definition) is 1. The second-order valence-electron chi connectivity index (χ2n) is 10.4. The van der Waals surface area contributed by atoms with Crippen LogP contribution < -0.4 is 5.32 Å². The standard InChI is InChI=1S/C7H10N.C5H5.Fe/c1-8-6-7-4-2-3-5-7;1-2-4-5-3-1;/h2-5,8H,6H2,1H3;1-5H;. The zero-order valence-corrected chi connectivity index (χ0v) is 9.36. The molecular weight excluding hydrogens is 214 g/mol. The Morgan fingerprint density at radius 2 is 1.43 bits per heavy atom. The Kier molecular flexibility index (Phi) is 0.110. The van der Waals surface area contributed by atoms with Crippen molar-refractivity contribution in [3.8, 4) is 0 Å². The summed E-state index contributed by atoms with van der Waals surface area (Å²) in [6, 6.07) is 0. The molecule has 76 valence electrons. The molecule has 0 aromatic rings. The first kappa shape index (κ1) is 4.77. The van der Waals surface area contributed by atoms with Crippen LogP contribution in [0.1, 0.15) is 0 Å². The van der Waals surface area contributed by atoms with Crippen LogP contribution in [0.5, 0.6) is 0 Å². The summed E-state index contributed by atoms with van der Waals surface area (Å²) >= 11 is 0. The van der Waals surface area contributed by atoms with Gasteiger partial charge in [-0.25, -0.2) is 0 Å². The van der Waals surface area contributed by atoms with Gasteiger partial charge >= 0.3 is 73.1 Å². The average Bonchev–Trinajstić information content (AvgIpc) is 3.14. The summed E-state index contributed by atoms with van der Waals surface area (Å²) in [6.07, 6.45) is 0. The van der Waals surface area contributed by atoms with Gasteiger partial charge in [-0.3, -0.25) is 0 Å². The first-order valence-electron chi connectivity index (χ1n) is 6.47. The fourth-order valence-electron chi connectivity index (χ4n) is 17.4. The summed E-state index contributed by atoms with van der Waals surface area (Å²) in [7, 11) is 2.23. The molecule has 0 amide bonds. The molecule has 2 heteroatoms. The van der Waals surface area contributed by atoms with Crippen molar-refractivity contribution in [3.05, 3.63) is 0 Å². The maximum atomic E-state index is 3.62. The van der Waals surface area contributed by atoms with E-state index in [0.717, 1.165) is 4.31 Å². The summed E-state index contributed by atoms with van der Waals surface area (Å²) in [4.78, 5) is 13.7. The molecule has 0 aromatic carbocycles. The minimum absolute atomic E-state index is 1.13. The van der Waals surface area contributed by atoms with E-state index in [4.69, 9.17) is 0 Å². The molecule has 1 N–H and O–H groups in total. The molecule has 0 aromatic heterocycles. The van der Waals surface area contributed by atoms with E-state index in [9.17, 15) is 0 Å². The van der Waals surface area contributed by atoms with Gasteiger partial charge in [0.25, 0.3) is 0 Å². The van der Waals surface area contributed by atoms with Crippen molar-refractivity contribution in [1.29, 1.82) is 0 Å². The zero-order valence-electron chi connectivity index (χ0n) is 8.26. The van der Waals surface area contributed by atoms with E-state index in [0.29, 0.717) is 0 Å². The van der Waals surface area contributed by atoms with Crippen LogP contribution in [-0.4, -0.2) is 13.6 Å². The normalized spacial score (nSPS) is 142. The van der Waals surface area contributed by atoms with Crippen LogP contribution in [-0.2, 0) is 6.51 Å². The number of nitrogens with one attached hydrogen (secondary N) is 1. The van der Waals surface area contributed by atoms with E-state index >= 15 is 0 Å². The molecule has 10 saturated heterocycles. The van der Waals surface area contributed by atoms with E-state index < -0.39 is 6.51 Å². The van der Waals surface area contributed by atoms with Crippen LogP contribution in [0.3, 0.4) is 0 Å². The van der Waals surface area contributed by atoms with Crippen molar-refractivity contribution in [2.24, 2.45) is 0 Å². The van der Waals surface area contributed by atoms with Gasteiger partial charge in [0.15, 0.2) is 0 Å². The Hall–Kier alpha value is 0.479. The Balaban J connectivity index is 1.85. The Morgan fingerprint density at radius 1 is 0.929 bits per heavy atom. The van der Waals surface area contributed by atoms with E-state index in [1.54, 1.807) is 0 Å². The molecule has 10 fully saturated rings. The molecule has 0 radical (unpaired) electrons. The van der Waals surface area contributed by atoms with Gasteiger partial charge in [0, 0.05) is 0 Å². The van der Waals surface area contributed by atoms with E-state index in [2.05, 4.69) is 12.4 Å².